The van der Waals surface area contributed by atoms with Crippen molar-refractivity contribution in [2.45, 2.75) is 64.3 Å². The van der Waals surface area contributed by atoms with Crippen molar-refractivity contribution in [1.82, 2.24) is 16.0 Å². The molecule has 3 saturated heterocycles. The van der Waals surface area contributed by atoms with Gasteiger partial charge in [-0.2, -0.15) is 5.26 Å². The molecule has 3 fully saturated rings. The van der Waals surface area contributed by atoms with Crippen molar-refractivity contribution in [3.8, 4) is 6.07 Å². The van der Waals surface area contributed by atoms with Crippen LogP contribution in [0.25, 0.3) is 0 Å². The maximum atomic E-state index is 12.8. The summed E-state index contributed by atoms with van der Waals surface area (Å²) in [6.45, 7) is 5.69. The summed E-state index contributed by atoms with van der Waals surface area (Å²) in [5, 5.41) is 17.7. The predicted octanol–water partition coefficient (Wildman–Crippen LogP) is 0.451. The standard InChI is InChI=1S/C21H32N4O5/c1-12(2)7-17(20(28)24-15(10-22)8-13-3-5-23-19(13)27)25-18(26)9-14-11-30-21-16(14)4-6-29-21/h12-17,21H,3-9,11H2,1-2H3,(H,23,27)(H,24,28)(H,25,26)/t13-,14+,15-,16+,17-,21-/m0/s1. The Labute approximate surface area is 177 Å². The van der Waals surface area contributed by atoms with Crippen LogP contribution in [0.4, 0.5) is 0 Å². The number of nitrogens with zero attached hydrogens (tertiary/aromatic N) is 1. The Morgan fingerprint density at radius 1 is 1.27 bits per heavy atom. The summed E-state index contributed by atoms with van der Waals surface area (Å²) in [6, 6.07) is 0.586. The average molecular weight is 421 g/mol. The first-order chi connectivity index (χ1) is 14.4. The Balaban J connectivity index is 1.54. The number of fused-ring (bicyclic) bond motifs is 1. The van der Waals surface area contributed by atoms with Crippen molar-refractivity contribution in [2.24, 2.45) is 23.7 Å². The number of nitrogens with one attached hydrogen (secondary N) is 3. The maximum absolute atomic E-state index is 12.8. The molecule has 3 heterocycles. The molecule has 6 atom stereocenters. The second-order valence-electron chi connectivity index (χ2n) is 8.94. The van der Waals surface area contributed by atoms with Gasteiger partial charge >= 0.3 is 0 Å². The Morgan fingerprint density at radius 2 is 2.07 bits per heavy atom. The number of rotatable bonds is 9. The summed E-state index contributed by atoms with van der Waals surface area (Å²) in [5.74, 6) is -0.416. The molecule has 9 heteroatoms. The van der Waals surface area contributed by atoms with Crippen LogP contribution in [0.2, 0.25) is 0 Å². The first-order valence-corrected chi connectivity index (χ1v) is 10.9. The van der Waals surface area contributed by atoms with E-state index in [9.17, 15) is 19.6 Å². The van der Waals surface area contributed by atoms with Gasteiger partial charge in [0.05, 0.1) is 19.3 Å². The second kappa shape index (κ2) is 10.2. The van der Waals surface area contributed by atoms with Crippen LogP contribution in [-0.2, 0) is 23.9 Å². The number of nitriles is 1. The molecule has 0 aromatic heterocycles. The van der Waals surface area contributed by atoms with Gasteiger partial charge in [0.2, 0.25) is 17.7 Å². The predicted molar refractivity (Wildman–Crippen MR) is 107 cm³/mol. The monoisotopic (exact) mass is 420 g/mol. The van der Waals surface area contributed by atoms with E-state index >= 15 is 0 Å². The van der Waals surface area contributed by atoms with Gasteiger partial charge in [0.15, 0.2) is 6.29 Å². The second-order valence-corrected chi connectivity index (χ2v) is 8.94. The molecule has 3 amide bonds. The molecule has 0 aliphatic carbocycles. The zero-order chi connectivity index (χ0) is 21.7. The fraction of sp³-hybridized carbons (Fsp3) is 0.810. The fourth-order valence-electron chi connectivity index (χ4n) is 4.53. The number of hydrogen-bond acceptors (Lipinski definition) is 6. The number of amides is 3. The molecular formula is C21H32N4O5. The summed E-state index contributed by atoms with van der Waals surface area (Å²) < 4.78 is 11.1. The molecule has 0 saturated carbocycles. The lowest BCUT2D eigenvalue weighted by Crippen LogP contribution is -2.50. The van der Waals surface area contributed by atoms with Crippen LogP contribution >= 0.6 is 0 Å². The molecule has 3 rings (SSSR count). The molecule has 3 N–H and O–H groups in total. The number of carbonyl (C=O) groups excluding carboxylic acids is 3. The Hall–Kier alpha value is -2.18. The summed E-state index contributed by atoms with van der Waals surface area (Å²) >= 11 is 0. The average Bonchev–Trinajstić information content (AvgIpc) is 3.40. The van der Waals surface area contributed by atoms with Crippen LogP contribution in [0.15, 0.2) is 0 Å². The van der Waals surface area contributed by atoms with Crippen molar-refractivity contribution in [2.75, 3.05) is 19.8 Å². The van der Waals surface area contributed by atoms with E-state index in [-0.39, 0.29) is 60.5 Å². The van der Waals surface area contributed by atoms with Gasteiger partial charge in [0.25, 0.3) is 0 Å². The zero-order valence-electron chi connectivity index (χ0n) is 17.7. The molecule has 166 valence electrons. The third kappa shape index (κ3) is 5.70. The van der Waals surface area contributed by atoms with Crippen LogP contribution in [-0.4, -0.2) is 55.9 Å². The number of carbonyl (C=O) groups is 3. The lowest BCUT2D eigenvalue weighted by atomic mass is 9.90. The molecule has 0 aromatic rings. The first-order valence-electron chi connectivity index (χ1n) is 10.9. The van der Waals surface area contributed by atoms with E-state index in [1.54, 1.807) is 0 Å². The van der Waals surface area contributed by atoms with Crippen molar-refractivity contribution in [3.05, 3.63) is 0 Å². The van der Waals surface area contributed by atoms with Gasteiger partial charge in [0, 0.05) is 24.8 Å². The van der Waals surface area contributed by atoms with Crippen LogP contribution < -0.4 is 16.0 Å². The largest absolute Gasteiger partial charge is 0.356 e. The van der Waals surface area contributed by atoms with E-state index < -0.39 is 12.1 Å². The summed E-state index contributed by atoms with van der Waals surface area (Å²) in [4.78, 5) is 37.3. The number of ether oxygens (including phenoxy) is 2. The van der Waals surface area contributed by atoms with Gasteiger partial charge in [-0.3, -0.25) is 14.4 Å². The van der Waals surface area contributed by atoms with Crippen LogP contribution in [0.5, 0.6) is 0 Å². The van der Waals surface area contributed by atoms with Crippen LogP contribution in [0.3, 0.4) is 0 Å². The minimum absolute atomic E-state index is 0.0792. The van der Waals surface area contributed by atoms with E-state index in [1.807, 2.05) is 13.8 Å². The highest BCUT2D eigenvalue weighted by Gasteiger charge is 2.42. The molecular weight excluding hydrogens is 388 g/mol. The molecule has 0 bridgehead atoms. The third-order valence-electron chi connectivity index (χ3n) is 6.12. The smallest absolute Gasteiger partial charge is 0.243 e. The molecule has 3 aliphatic heterocycles. The number of hydrogen-bond donors (Lipinski definition) is 3. The molecule has 0 radical (unpaired) electrons. The quantitative estimate of drug-likeness (QED) is 0.497. The van der Waals surface area contributed by atoms with E-state index in [1.165, 1.54) is 0 Å². The lowest BCUT2D eigenvalue weighted by Gasteiger charge is -2.23. The normalized spacial score (nSPS) is 29.7. The molecule has 9 nitrogen and oxygen atoms in total. The van der Waals surface area contributed by atoms with E-state index in [2.05, 4.69) is 22.0 Å². The van der Waals surface area contributed by atoms with Gasteiger partial charge in [-0.1, -0.05) is 13.8 Å². The molecule has 0 aromatic carbocycles. The molecule has 3 aliphatic rings. The SMILES string of the molecule is CC(C)C[C@H](NC(=O)C[C@@H]1CO[C@@H]2OCC[C@H]12)C(=O)N[C@H](C#N)C[C@@H]1CCNC1=O. The summed E-state index contributed by atoms with van der Waals surface area (Å²) in [7, 11) is 0. The van der Waals surface area contributed by atoms with Gasteiger partial charge < -0.3 is 25.4 Å². The Kier molecular flexibility index (Phi) is 7.67. The maximum Gasteiger partial charge on any atom is 0.243 e. The third-order valence-corrected chi connectivity index (χ3v) is 6.12. The van der Waals surface area contributed by atoms with E-state index in [0.29, 0.717) is 32.6 Å². The topological polar surface area (TPSA) is 130 Å². The van der Waals surface area contributed by atoms with Gasteiger partial charge in [-0.05, 0) is 37.5 Å². The highest BCUT2D eigenvalue weighted by molar-refractivity contribution is 5.88. The van der Waals surface area contributed by atoms with Crippen molar-refractivity contribution in [3.63, 3.8) is 0 Å². The highest BCUT2D eigenvalue weighted by atomic mass is 16.7. The summed E-state index contributed by atoms with van der Waals surface area (Å²) in [6.07, 6.45) is 2.37. The lowest BCUT2D eigenvalue weighted by molar-refractivity contribution is -0.130. The zero-order valence-corrected chi connectivity index (χ0v) is 17.7. The van der Waals surface area contributed by atoms with Gasteiger partial charge in [0.1, 0.15) is 12.1 Å². The first kappa shape index (κ1) is 22.5. The van der Waals surface area contributed by atoms with E-state index in [0.717, 1.165) is 6.42 Å². The van der Waals surface area contributed by atoms with E-state index in [4.69, 9.17) is 9.47 Å². The summed E-state index contributed by atoms with van der Waals surface area (Å²) in [5.41, 5.74) is 0. The Morgan fingerprint density at radius 3 is 2.73 bits per heavy atom. The molecule has 30 heavy (non-hydrogen) atoms. The Bertz CT molecular complexity index is 691. The van der Waals surface area contributed by atoms with Gasteiger partial charge in [-0.15, -0.1) is 0 Å². The molecule has 0 spiro atoms. The minimum atomic E-state index is -0.766. The van der Waals surface area contributed by atoms with Crippen LogP contribution in [0, 0.1) is 35.0 Å². The molecule has 0 unspecified atom stereocenters. The van der Waals surface area contributed by atoms with Gasteiger partial charge in [-0.25, -0.2) is 0 Å². The fourth-order valence-corrected chi connectivity index (χ4v) is 4.53. The van der Waals surface area contributed by atoms with Crippen LogP contribution in [0.1, 0.15) is 46.0 Å². The minimum Gasteiger partial charge on any atom is -0.356 e. The van der Waals surface area contributed by atoms with Crippen molar-refractivity contribution < 1.29 is 23.9 Å². The van der Waals surface area contributed by atoms with Crippen molar-refractivity contribution in [1.29, 1.82) is 5.26 Å². The highest BCUT2D eigenvalue weighted by Crippen LogP contribution is 2.37. The van der Waals surface area contributed by atoms with Crippen molar-refractivity contribution >= 4 is 17.7 Å².